The molecule has 4 N–H and O–H groups in total. The molecule has 0 saturated heterocycles. The fourth-order valence-electron chi connectivity index (χ4n) is 2.10. The summed E-state index contributed by atoms with van der Waals surface area (Å²) >= 11 is 1.16. The maximum Gasteiger partial charge on any atom is 0.321 e. The maximum absolute atomic E-state index is 13.1. The van der Waals surface area contributed by atoms with E-state index in [-0.39, 0.29) is 23.2 Å². The Kier molecular flexibility index (Phi) is 5.97. The fourth-order valence-corrected chi connectivity index (χ4v) is 3.30. The average molecular weight is 396 g/mol. The smallest absolute Gasteiger partial charge is 0.321 e. The highest BCUT2D eigenvalue weighted by molar-refractivity contribution is 7.89. The molecule has 0 aliphatic rings. The Hall–Kier alpha value is -2.48. The van der Waals surface area contributed by atoms with Crippen LogP contribution in [0.1, 0.15) is 18.2 Å². The molecule has 10 heteroatoms. The number of thiazole rings is 1. The van der Waals surface area contributed by atoms with Gasteiger partial charge in [0.05, 0.1) is 16.9 Å². The molecule has 0 bridgehead atoms. The van der Waals surface area contributed by atoms with Crippen molar-refractivity contribution in [3.8, 4) is 12.3 Å². The van der Waals surface area contributed by atoms with Crippen LogP contribution in [0, 0.1) is 18.2 Å². The van der Waals surface area contributed by atoms with Crippen molar-refractivity contribution in [2.45, 2.75) is 12.3 Å². The van der Waals surface area contributed by atoms with Crippen molar-refractivity contribution >= 4 is 32.5 Å². The van der Waals surface area contributed by atoms with E-state index < -0.39 is 21.5 Å². The molecule has 0 aliphatic heterocycles. The number of nitrogens with zero attached hydrogens (tertiary/aromatic N) is 1. The second-order valence-corrected chi connectivity index (χ2v) is 8.15. The standard InChI is InChI=1S/C16H17FN4O3S2/c1-3-16(2,11-4-6-12(17)7-5-11)13-10-25-15(20-13)21-14(22)19-8-9-26(18,23)24/h1,4-7,10H,8-9H2,2H3,(H2,18,23,24)(H2,19,20,21,22)/t16-/m0/s1. The number of carbonyl (C=O) groups is 1. The Morgan fingerprint density at radius 2 is 2.08 bits per heavy atom. The van der Waals surface area contributed by atoms with Crippen LogP contribution in [-0.2, 0) is 15.4 Å². The first-order chi connectivity index (χ1) is 12.1. The van der Waals surface area contributed by atoms with Crippen LogP contribution in [-0.4, -0.2) is 31.7 Å². The zero-order valence-electron chi connectivity index (χ0n) is 13.8. The van der Waals surface area contributed by atoms with Crippen LogP contribution in [0.25, 0.3) is 0 Å². The van der Waals surface area contributed by atoms with Gasteiger partial charge in [-0.15, -0.1) is 17.8 Å². The minimum absolute atomic E-state index is 0.124. The molecule has 2 rings (SSSR count). The molecular formula is C16H17FN4O3S2. The van der Waals surface area contributed by atoms with Crippen LogP contribution in [0.3, 0.4) is 0 Å². The number of primary sulfonamides is 1. The fraction of sp³-hybridized carbons (Fsp3) is 0.250. The van der Waals surface area contributed by atoms with Gasteiger partial charge in [-0.05, 0) is 24.6 Å². The van der Waals surface area contributed by atoms with E-state index >= 15 is 0 Å². The Balaban J connectivity index is 2.09. The summed E-state index contributed by atoms with van der Waals surface area (Å²) in [5.74, 6) is 1.92. The summed E-state index contributed by atoms with van der Waals surface area (Å²) in [4.78, 5) is 16.1. The van der Waals surface area contributed by atoms with Crippen LogP contribution in [0.4, 0.5) is 14.3 Å². The van der Waals surface area contributed by atoms with Gasteiger partial charge >= 0.3 is 6.03 Å². The molecule has 2 aromatic rings. The number of aromatic nitrogens is 1. The molecule has 1 aromatic carbocycles. The van der Waals surface area contributed by atoms with Crippen LogP contribution < -0.4 is 15.8 Å². The van der Waals surface area contributed by atoms with Gasteiger partial charge in [0.2, 0.25) is 10.0 Å². The van der Waals surface area contributed by atoms with Crippen molar-refractivity contribution in [1.82, 2.24) is 10.3 Å². The first-order valence-electron chi connectivity index (χ1n) is 7.39. The van der Waals surface area contributed by atoms with Gasteiger partial charge in [0, 0.05) is 11.9 Å². The minimum atomic E-state index is -3.65. The van der Waals surface area contributed by atoms with Crippen LogP contribution in [0.2, 0.25) is 0 Å². The van der Waals surface area contributed by atoms with Crippen LogP contribution in [0.15, 0.2) is 29.6 Å². The number of hydrogen-bond acceptors (Lipinski definition) is 5. The van der Waals surface area contributed by atoms with Gasteiger partial charge in [-0.2, -0.15) is 0 Å². The zero-order chi connectivity index (χ0) is 19.4. The number of halogens is 1. The second kappa shape index (κ2) is 7.82. The predicted molar refractivity (Wildman–Crippen MR) is 98.8 cm³/mol. The number of nitrogens with two attached hydrogens (primary N) is 1. The Bertz CT molecular complexity index is 935. The maximum atomic E-state index is 13.1. The molecule has 26 heavy (non-hydrogen) atoms. The summed E-state index contributed by atoms with van der Waals surface area (Å²) in [6.07, 6.45) is 5.68. The van der Waals surface area contributed by atoms with Crippen molar-refractivity contribution < 1.29 is 17.6 Å². The van der Waals surface area contributed by atoms with E-state index in [1.807, 2.05) is 0 Å². The number of terminal acetylenes is 1. The van der Waals surface area contributed by atoms with E-state index in [1.54, 1.807) is 24.4 Å². The summed E-state index contributed by atoms with van der Waals surface area (Å²) < 4.78 is 34.8. The summed E-state index contributed by atoms with van der Waals surface area (Å²) in [5, 5.41) is 11.7. The highest BCUT2D eigenvalue weighted by atomic mass is 32.2. The third kappa shape index (κ3) is 5.01. The number of benzene rings is 1. The third-order valence-electron chi connectivity index (χ3n) is 3.62. The topological polar surface area (TPSA) is 114 Å². The van der Waals surface area contributed by atoms with Gasteiger partial charge in [0.25, 0.3) is 0 Å². The Morgan fingerprint density at radius 3 is 2.65 bits per heavy atom. The number of rotatable bonds is 6. The normalized spacial score (nSPS) is 13.5. The van der Waals surface area contributed by atoms with Gasteiger partial charge in [0.1, 0.15) is 5.82 Å². The number of hydrogen-bond donors (Lipinski definition) is 3. The molecule has 1 heterocycles. The Labute approximate surface area is 154 Å². The first kappa shape index (κ1) is 19.8. The highest BCUT2D eigenvalue weighted by Crippen LogP contribution is 2.33. The largest absolute Gasteiger partial charge is 0.337 e. The van der Waals surface area contributed by atoms with E-state index in [0.717, 1.165) is 11.3 Å². The average Bonchev–Trinajstić information content (AvgIpc) is 3.02. The molecule has 0 unspecified atom stereocenters. The third-order valence-corrected chi connectivity index (χ3v) is 5.15. The molecule has 0 radical (unpaired) electrons. The monoisotopic (exact) mass is 396 g/mol. The molecule has 0 saturated carbocycles. The SMILES string of the molecule is C#C[C@@](C)(c1ccc(F)cc1)c1csc(NC(=O)NCCS(N)(=O)=O)n1. The van der Waals surface area contributed by atoms with E-state index in [1.165, 1.54) is 12.1 Å². The second-order valence-electron chi connectivity index (χ2n) is 5.56. The molecule has 0 fully saturated rings. The number of anilines is 1. The van der Waals surface area contributed by atoms with Crippen LogP contribution in [0.5, 0.6) is 0 Å². The summed E-state index contributed by atoms with van der Waals surface area (Å²) in [6.45, 7) is 1.64. The highest BCUT2D eigenvalue weighted by Gasteiger charge is 2.29. The Morgan fingerprint density at radius 1 is 1.42 bits per heavy atom. The van der Waals surface area contributed by atoms with E-state index in [4.69, 9.17) is 11.6 Å². The number of nitrogens with one attached hydrogen (secondary N) is 2. The summed E-state index contributed by atoms with van der Waals surface area (Å²) in [5.41, 5.74) is 0.320. The number of urea groups is 1. The van der Waals surface area contributed by atoms with Crippen LogP contribution >= 0.6 is 11.3 Å². The lowest BCUT2D eigenvalue weighted by atomic mass is 9.81. The molecule has 7 nitrogen and oxygen atoms in total. The van der Waals surface area contributed by atoms with E-state index in [2.05, 4.69) is 21.5 Å². The molecule has 1 atom stereocenters. The van der Waals surface area contributed by atoms with Crippen molar-refractivity contribution in [1.29, 1.82) is 0 Å². The molecule has 1 aromatic heterocycles. The predicted octanol–water partition coefficient (Wildman–Crippen LogP) is 1.63. The summed E-state index contributed by atoms with van der Waals surface area (Å²) in [6, 6.07) is 5.19. The molecule has 138 valence electrons. The van der Waals surface area contributed by atoms with Gasteiger partial charge in [-0.1, -0.05) is 18.1 Å². The van der Waals surface area contributed by atoms with Gasteiger partial charge in [-0.3, -0.25) is 5.32 Å². The van der Waals surface area contributed by atoms with Crippen molar-refractivity contribution in [2.75, 3.05) is 17.6 Å². The van der Waals surface area contributed by atoms with Crippen molar-refractivity contribution in [3.05, 3.63) is 46.7 Å². The van der Waals surface area contributed by atoms with Crippen molar-refractivity contribution in [2.24, 2.45) is 5.14 Å². The van der Waals surface area contributed by atoms with Gasteiger partial charge < -0.3 is 5.32 Å². The van der Waals surface area contributed by atoms with E-state index in [0.29, 0.717) is 11.3 Å². The first-order valence-corrected chi connectivity index (χ1v) is 9.99. The molecule has 2 amide bonds. The number of carbonyl (C=O) groups excluding carboxylic acids is 1. The lowest BCUT2D eigenvalue weighted by Gasteiger charge is -2.22. The van der Waals surface area contributed by atoms with Gasteiger partial charge in [-0.25, -0.2) is 27.7 Å². The van der Waals surface area contributed by atoms with Gasteiger partial charge in [0.15, 0.2) is 5.13 Å². The van der Waals surface area contributed by atoms with Crippen molar-refractivity contribution in [3.63, 3.8) is 0 Å². The zero-order valence-corrected chi connectivity index (χ0v) is 15.5. The van der Waals surface area contributed by atoms with E-state index in [9.17, 15) is 17.6 Å². The molecule has 0 aliphatic carbocycles. The molecular weight excluding hydrogens is 379 g/mol. The minimum Gasteiger partial charge on any atom is -0.337 e. The number of amides is 2. The lowest BCUT2D eigenvalue weighted by molar-refractivity contribution is 0.252. The molecule has 0 spiro atoms. The quantitative estimate of drug-likeness (QED) is 0.644. The lowest BCUT2D eigenvalue weighted by Crippen LogP contribution is -2.34. The number of sulfonamides is 1. The summed E-state index contributed by atoms with van der Waals surface area (Å²) in [7, 11) is -3.65.